The van der Waals surface area contributed by atoms with Crippen molar-refractivity contribution >= 4 is 18.3 Å². The maximum atomic E-state index is 12.7. The fourth-order valence-corrected chi connectivity index (χ4v) is 2.65. The van der Waals surface area contributed by atoms with E-state index in [-0.39, 0.29) is 29.8 Å². The number of likely N-dealkylation sites (N-methyl/N-ethyl adjacent to an activating group) is 1. The van der Waals surface area contributed by atoms with Crippen LogP contribution in [0.25, 0.3) is 0 Å². The first kappa shape index (κ1) is 18.0. The third kappa shape index (κ3) is 3.98. The van der Waals surface area contributed by atoms with Crippen molar-refractivity contribution in [2.45, 2.75) is 44.6 Å². The van der Waals surface area contributed by atoms with Crippen LogP contribution in [0, 0.1) is 5.92 Å². The van der Waals surface area contributed by atoms with Crippen LogP contribution in [0.15, 0.2) is 30.3 Å². The lowest BCUT2D eigenvalue weighted by Crippen LogP contribution is -2.39. The zero-order valence-corrected chi connectivity index (χ0v) is 14.0. The van der Waals surface area contributed by atoms with Gasteiger partial charge >= 0.3 is 0 Å². The number of hydrogen-bond donors (Lipinski definition) is 1. The van der Waals surface area contributed by atoms with E-state index in [1.165, 1.54) is 0 Å². The summed E-state index contributed by atoms with van der Waals surface area (Å²) in [5.41, 5.74) is 6.97. The van der Waals surface area contributed by atoms with Gasteiger partial charge in [-0.25, -0.2) is 0 Å². The minimum absolute atomic E-state index is 0. The summed E-state index contributed by atoms with van der Waals surface area (Å²) < 4.78 is 0. The molecule has 1 atom stereocenters. The van der Waals surface area contributed by atoms with Crippen LogP contribution in [0.3, 0.4) is 0 Å². The van der Waals surface area contributed by atoms with E-state index in [2.05, 4.69) is 26.0 Å². The molecule has 118 valence electrons. The first-order chi connectivity index (χ1) is 9.47. The van der Waals surface area contributed by atoms with Crippen molar-refractivity contribution in [2.75, 3.05) is 13.6 Å². The highest BCUT2D eigenvalue weighted by Crippen LogP contribution is 2.49. The van der Waals surface area contributed by atoms with E-state index in [1.807, 2.05) is 30.1 Å². The lowest BCUT2D eigenvalue weighted by atomic mass is 9.94. The third-order valence-corrected chi connectivity index (χ3v) is 4.49. The number of benzene rings is 1. The maximum Gasteiger partial charge on any atom is 0.232 e. The quantitative estimate of drug-likeness (QED) is 0.878. The number of carbonyl (C=O) groups is 1. The van der Waals surface area contributed by atoms with Gasteiger partial charge < -0.3 is 10.6 Å². The van der Waals surface area contributed by atoms with Gasteiger partial charge in [-0.15, -0.1) is 12.4 Å². The summed E-state index contributed by atoms with van der Waals surface area (Å²) in [5.74, 6) is 0.710. The summed E-state index contributed by atoms with van der Waals surface area (Å²) in [7, 11) is 1.90. The minimum atomic E-state index is -0.252. The predicted octanol–water partition coefficient (Wildman–Crippen LogP) is 2.97. The normalized spacial score (nSPS) is 17.0. The number of hydrogen-bond acceptors (Lipinski definition) is 2. The van der Waals surface area contributed by atoms with E-state index in [4.69, 9.17) is 5.73 Å². The number of carbonyl (C=O) groups excluding carboxylic acids is 1. The lowest BCUT2D eigenvalue weighted by Gasteiger charge is -2.26. The molecular weight excluding hydrogens is 284 g/mol. The molecule has 2 rings (SSSR count). The van der Waals surface area contributed by atoms with E-state index in [0.717, 1.165) is 31.4 Å². The Morgan fingerprint density at radius 1 is 1.29 bits per heavy atom. The van der Waals surface area contributed by atoms with E-state index in [1.54, 1.807) is 0 Å². The molecule has 0 spiro atoms. The Labute approximate surface area is 134 Å². The topological polar surface area (TPSA) is 46.3 Å². The predicted molar refractivity (Wildman–Crippen MR) is 89.7 cm³/mol. The molecule has 1 saturated carbocycles. The van der Waals surface area contributed by atoms with Crippen molar-refractivity contribution in [1.82, 2.24) is 4.90 Å². The van der Waals surface area contributed by atoms with Crippen molar-refractivity contribution in [3.8, 4) is 0 Å². The molecule has 4 heteroatoms. The zero-order valence-electron chi connectivity index (χ0n) is 13.2. The molecule has 0 radical (unpaired) electrons. The molecule has 1 aromatic rings. The van der Waals surface area contributed by atoms with Crippen molar-refractivity contribution < 1.29 is 4.79 Å². The summed E-state index contributed by atoms with van der Waals surface area (Å²) in [6.45, 7) is 4.99. The van der Waals surface area contributed by atoms with Crippen LogP contribution >= 0.6 is 12.4 Å². The van der Waals surface area contributed by atoms with Crippen LogP contribution in [0.2, 0.25) is 0 Å². The molecule has 0 aliphatic heterocycles. The Morgan fingerprint density at radius 2 is 1.86 bits per heavy atom. The Balaban J connectivity index is 0.00000220. The molecule has 0 saturated heterocycles. The number of halogens is 1. The van der Waals surface area contributed by atoms with Gasteiger partial charge in [-0.05, 0) is 30.7 Å². The van der Waals surface area contributed by atoms with Crippen LogP contribution in [0.1, 0.15) is 38.7 Å². The fourth-order valence-electron chi connectivity index (χ4n) is 2.65. The minimum Gasteiger partial charge on any atom is -0.345 e. The highest BCUT2D eigenvalue weighted by Gasteiger charge is 2.52. The summed E-state index contributed by atoms with van der Waals surface area (Å²) in [4.78, 5) is 14.6. The number of nitrogens with zero attached hydrogens (tertiary/aromatic N) is 1. The van der Waals surface area contributed by atoms with Crippen molar-refractivity contribution in [1.29, 1.82) is 0 Å². The molecular formula is C17H27ClN2O. The Kier molecular flexibility index (Phi) is 6.24. The van der Waals surface area contributed by atoms with Gasteiger partial charge in [-0.1, -0.05) is 44.2 Å². The maximum absolute atomic E-state index is 12.7. The third-order valence-electron chi connectivity index (χ3n) is 4.49. The van der Waals surface area contributed by atoms with Crippen LogP contribution in [0.4, 0.5) is 0 Å². The smallest absolute Gasteiger partial charge is 0.232 e. The van der Waals surface area contributed by atoms with Gasteiger partial charge in [0.05, 0.1) is 5.41 Å². The first-order valence-electron chi connectivity index (χ1n) is 7.54. The second-order valence-corrected chi connectivity index (χ2v) is 6.37. The van der Waals surface area contributed by atoms with Crippen molar-refractivity contribution in [3.63, 3.8) is 0 Å². The Morgan fingerprint density at radius 3 is 2.33 bits per heavy atom. The second-order valence-electron chi connectivity index (χ2n) is 6.37. The molecule has 1 aliphatic carbocycles. The summed E-state index contributed by atoms with van der Waals surface area (Å²) in [6, 6.07) is 10.3. The van der Waals surface area contributed by atoms with Gasteiger partial charge in [0.15, 0.2) is 0 Å². The van der Waals surface area contributed by atoms with E-state index in [0.29, 0.717) is 5.92 Å². The zero-order chi connectivity index (χ0) is 14.8. The van der Waals surface area contributed by atoms with Gasteiger partial charge in [0.1, 0.15) is 0 Å². The molecule has 0 heterocycles. The van der Waals surface area contributed by atoms with Gasteiger partial charge in [0, 0.05) is 19.6 Å². The van der Waals surface area contributed by atoms with E-state index in [9.17, 15) is 4.79 Å². The SMILES string of the molecule is CC(C)C(N)CCN(C)C(=O)C1(c2ccccc2)CC1.Cl. The van der Waals surface area contributed by atoms with Gasteiger partial charge in [-0.3, -0.25) is 4.79 Å². The largest absolute Gasteiger partial charge is 0.345 e. The number of amides is 1. The molecule has 0 bridgehead atoms. The molecule has 0 aromatic heterocycles. The number of rotatable bonds is 6. The second kappa shape index (κ2) is 7.28. The molecule has 1 aromatic carbocycles. The summed E-state index contributed by atoms with van der Waals surface area (Å²) >= 11 is 0. The van der Waals surface area contributed by atoms with Crippen LogP contribution in [-0.2, 0) is 10.2 Å². The average molecular weight is 311 g/mol. The van der Waals surface area contributed by atoms with Crippen molar-refractivity contribution in [3.05, 3.63) is 35.9 Å². The van der Waals surface area contributed by atoms with E-state index < -0.39 is 0 Å². The van der Waals surface area contributed by atoms with Crippen LogP contribution in [0.5, 0.6) is 0 Å². The molecule has 1 aliphatic rings. The molecule has 21 heavy (non-hydrogen) atoms. The molecule has 2 N–H and O–H groups in total. The highest BCUT2D eigenvalue weighted by atomic mass is 35.5. The highest BCUT2D eigenvalue weighted by molar-refractivity contribution is 5.91. The Hall–Kier alpha value is -1.06. The van der Waals surface area contributed by atoms with E-state index >= 15 is 0 Å². The molecule has 1 amide bonds. The van der Waals surface area contributed by atoms with Crippen molar-refractivity contribution in [2.24, 2.45) is 11.7 Å². The fraction of sp³-hybridized carbons (Fsp3) is 0.588. The summed E-state index contributed by atoms with van der Waals surface area (Å²) in [6.07, 6.45) is 2.80. The van der Waals surface area contributed by atoms with Gasteiger partial charge in [0.25, 0.3) is 0 Å². The monoisotopic (exact) mass is 310 g/mol. The standard InChI is InChI=1S/C17H26N2O.ClH/c1-13(2)15(18)9-12-19(3)16(20)17(10-11-17)14-7-5-4-6-8-14;/h4-8,13,15H,9-12,18H2,1-3H3;1H. The average Bonchev–Trinajstić information content (AvgIpc) is 3.26. The van der Waals surface area contributed by atoms with Gasteiger partial charge in [-0.2, -0.15) is 0 Å². The van der Waals surface area contributed by atoms with Crippen LogP contribution < -0.4 is 5.73 Å². The number of nitrogens with two attached hydrogens (primary N) is 1. The first-order valence-corrected chi connectivity index (χ1v) is 7.54. The molecule has 3 nitrogen and oxygen atoms in total. The lowest BCUT2D eigenvalue weighted by molar-refractivity contribution is -0.132. The molecule has 1 fully saturated rings. The summed E-state index contributed by atoms with van der Waals surface area (Å²) in [5, 5.41) is 0. The van der Waals surface area contributed by atoms with Gasteiger partial charge in [0.2, 0.25) is 5.91 Å². The van der Waals surface area contributed by atoms with Crippen LogP contribution in [-0.4, -0.2) is 30.4 Å². The molecule has 1 unspecified atom stereocenters. The Bertz CT molecular complexity index is 457.